The quantitative estimate of drug-likeness (QED) is 0.307. The van der Waals surface area contributed by atoms with Crippen LogP contribution in [0.2, 0.25) is 0 Å². The number of rotatable bonds is 6. The second-order valence-corrected chi connectivity index (χ2v) is 5.30. The van der Waals surface area contributed by atoms with Crippen molar-refractivity contribution in [3.63, 3.8) is 0 Å². The van der Waals surface area contributed by atoms with Gasteiger partial charge in [-0.2, -0.15) is 8.42 Å². The number of nitro groups is 1. The van der Waals surface area contributed by atoms with Crippen LogP contribution in [0.15, 0.2) is 23.1 Å². The van der Waals surface area contributed by atoms with E-state index in [0.717, 1.165) is 12.1 Å². The number of nitro benzene ring substituents is 1. The Balaban J connectivity index is 3.07. The molecule has 8 nitrogen and oxygen atoms in total. The molecule has 0 saturated heterocycles. The Hall–Kier alpha value is -1.42. The van der Waals surface area contributed by atoms with Gasteiger partial charge in [-0.25, -0.2) is 0 Å². The lowest BCUT2D eigenvalue weighted by molar-refractivity contribution is -0.387. The lowest BCUT2D eigenvalue weighted by Crippen LogP contribution is -2.20. The molecule has 3 N–H and O–H groups in total. The number of nitrogens with zero attached hydrogens (tertiary/aromatic N) is 1. The fourth-order valence-corrected chi connectivity index (χ4v) is 2.03. The van der Waals surface area contributed by atoms with Gasteiger partial charge < -0.3 is 10.4 Å². The molecule has 1 rings (SSSR count). The zero-order chi connectivity index (χ0) is 14.6. The maximum absolute atomic E-state index is 11.0. The Morgan fingerprint density at radius 3 is 2.58 bits per heavy atom. The summed E-state index contributed by atoms with van der Waals surface area (Å²) in [6.45, 7) is 0.0475. The highest BCUT2D eigenvalue weighted by molar-refractivity contribution is 7.86. The molecule has 0 heterocycles. The van der Waals surface area contributed by atoms with Crippen molar-refractivity contribution in [2.75, 3.05) is 17.7 Å². The maximum atomic E-state index is 11.0. The first kappa shape index (κ1) is 15.6. The summed E-state index contributed by atoms with van der Waals surface area (Å²) in [4.78, 5) is 9.03. The molecule has 0 aromatic heterocycles. The van der Waals surface area contributed by atoms with Crippen LogP contribution >= 0.6 is 11.6 Å². The van der Waals surface area contributed by atoms with Crippen LogP contribution in [-0.2, 0) is 10.1 Å². The van der Waals surface area contributed by atoms with Crippen LogP contribution in [-0.4, -0.2) is 41.5 Å². The molecule has 0 radical (unpaired) electrons. The number of alkyl halides is 1. The number of hydrogen-bond donors (Lipinski definition) is 3. The van der Waals surface area contributed by atoms with E-state index in [1.165, 1.54) is 6.07 Å². The minimum Gasteiger partial charge on any atom is -0.390 e. The largest absolute Gasteiger partial charge is 0.390 e. The summed E-state index contributed by atoms with van der Waals surface area (Å²) in [5.74, 6) is -0.0157. The third kappa shape index (κ3) is 4.31. The molecule has 0 amide bonds. The van der Waals surface area contributed by atoms with Crippen molar-refractivity contribution < 1.29 is 23.0 Å². The Morgan fingerprint density at radius 2 is 2.11 bits per heavy atom. The topological polar surface area (TPSA) is 130 Å². The normalized spacial score (nSPS) is 13.0. The first-order valence-electron chi connectivity index (χ1n) is 4.99. The average Bonchev–Trinajstić information content (AvgIpc) is 2.34. The Kier molecular flexibility index (Phi) is 5.06. The lowest BCUT2D eigenvalue weighted by atomic mass is 10.2. The molecule has 0 saturated carbocycles. The van der Waals surface area contributed by atoms with Crippen LogP contribution in [0.5, 0.6) is 0 Å². The summed E-state index contributed by atoms with van der Waals surface area (Å²) in [6, 6.07) is 3.09. The van der Waals surface area contributed by atoms with E-state index in [1.54, 1.807) is 0 Å². The maximum Gasteiger partial charge on any atom is 0.301 e. The van der Waals surface area contributed by atoms with E-state index in [4.69, 9.17) is 16.2 Å². The molecular formula is C9H11ClN2O6S. The van der Waals surface area contributed by atoms with Gasteiger partial charge in [0.1, 0.15) is 0 Å². The predicted molar refractivity (Wildman–Crippen MR) is 68.1 cm³/mol. The second kappa shape index (κ2) is 6.15. The molecule has 0 spiro atoms. The number of aliphatic hydroxyl groups is 1. The molecule has 1 atom stereocenters. The number of anilines is 1. The standard InChI is InChI=1S/C9H11ClN2O6S/c10-4-7(13)5-11-6-1-2-9(19(16,17)18)8(3-6)12(14)15/h1-3,7,11,13H,4-5H2,(H,16,17,18). The first-order chi connectivity index (χ1) is 8.75. The van der Waals surface area contributed by atoms with E-state index in [2.05, 4.69) is 5.32 Å². The summed E-state index contributed by atoms with van der Waals surface area (Å²) in [7, 11) is -4.67. The molecule has 10 heteroatoms. The van der Waals surface area contributed by atoms with Crippen LogP contribution in [0, 0.1) is 10.1 Å². The zero-order valence-corrected chi connectivity index (χ0v) is 11.1. The smallest absolute Gasteiger partial charge is 0.301 e. The van der Waals surface area contributed by atoms with Crippen LogP contribution < -0.4 is 5.32 Å². The molecule has 0 aliphatic carbocycles. The monoisotopic (exact) mass is 310 g/mol. The van der Waals surface area contributed by atoms with Gasteiger partial charge in [0.25, 0.3) is 5.69 Å². The molecule has 0 fully saturated rings. The van der Waals surface area contributed by atoms with Crippen molar-refractivity contribution in [1.29, 1.82) is 0 Å². The fourth-order valence-electron chi connectivity index (χ4n) is 1.28. The van der Waals surface area contributed by atoms with Gasteiger partial charge in [0.05, 0.1) is 16.9 Å². The first-order valence-corrected chi connectivity index (χ1v) is 6.97. The van der Waals surface area contributed by atoms with E-state index < -0.39 is 31.7 Å². The van der Waals surface area contributed by atoms with E-state index in [1.807, 2.05) is 0 Å². The van der Waals surface area contributed by atoms with Gasteiger partial charge in [-0.15, -0.1) is 11.6 Å². The van der Waals surface area contributed by atoms with Crippen LogP contribution in [0.1, 0.15) is 0 Å². The summed E-state index contributed by atoms with van der Waals surface area (Å²) in [6.07, 6.45) is -0.845. The van der Waals surface area contributed by atoms with Crippen molar-refractivity contribution in [2.24, 2.45) is 0 Å². The number of halogens is 1. The zero-order valence-electron chi connectivity index (χ0n) is 9.48. The molecule has 106 valence electrons. The van der Waals surface area contributed by atoms with Gasteiger partial charge in [-0.3, -0.25) is 14.7 Å². The Labute approximate surface area is 113 Å². The third-order valence-electron chi connectivity index (χ3n) is 2.15. The highest BCUT2D eigenvalue weighted by Crippen LogP contribution is 2.26. The van der Waals surface area contributed by atoms with Gasteiger partial charge in [0, 0.05) is 18.3 Å². The highest BCUT2D eigenvalue weighted by atomic mass is 35.5. The van der Waals surface area contributed by atoms with Crippen molar-refractivity contribution in [1.82, 2.24) is 0 Å². The summed E-state index contributed by atoms with van der Waals surface area (Å²) >= 11 is 5.37. The van der Waals surface area contributed by atoms with E-state index >= 15 is 0 Å². The number of nitrogens with one attached hydrogen (secondary N) is 1. The van der Waals surface area contributed by atoms with Crippen molar-refractivity contribution in [3.05, 3.63) is 28.3 Å². The molecule has 0 aliphatic heterocycles. The molecular weight excluding hydrogens is 300 g/mol. The number of aliphatic hydroxyl groups excluding tert-OH is 1. The molecule has 0 bridgehead atoms. The average molecular weight is 311 g/mol. The van der Waals surface area contributed by atoms with E-state index in [0.29, 0.717) is 0 Å². The van der Waals surface area contributed by atoms with Crippen LogP contribution in [0.4, 0.5) is 11.4 Å². The Bertz CT molecular complexity index is 576. The minimum atomic E-state index is -4.67. The highest BCUT2D eigenvalue weighted by Gasteiger charge is 2.24. The van der Waals surface area contributed by atoms with Gasteiger partial charge in [-0.05, 0) is 12.1 Å². The minimum absolute atomic E-state index is 0.0157. The molecule has 1 aromatic rings. The summed E-state index contributed by atoms with van der Waals surface area (Å²) in [5, 5.41) is 22.6. The van der Waals surface area contributed by atoms with Crippen molar-refractivity contribution in [2.45, 2.75) is 11.0 Å². The SMILES string of the molecule is O=[N+]([O-])c1cc(NCC(O)CCl)ccc1S(=O)(=O)O. The van der Waals surface area contributed by atoms with Gasteiger partial charge >= 0.3 is 10.1 Å². The van der Waals surface area contributed by atoms with Gasteiger partial charge in [0.15, 0.2) is 4.90 Å². The fraction of sp³-hybridized carbons (Fsp3) is 0.333. The summed E-state index contributed by atoms with van der Waals surface area (Å²) in [5.41, 5.74) is -0.531. The third-order valence-corrected chi connectivity index (χ3v) is 3.41. The number of benzene rings is 1. The van der Waals surface area contributed by atoms with Crippen molar-refractivity contribution in [3.8, 4) is 0 Å². The van der Waals surface area contributed by atoms with Crippen LogP contribution in [0.3, 0.4) is 0 Å². The Morgan fingerprint density at radius 1 is 1.47 bits per heavy atom. The van der Waals surface area contributed by atoms with Crippen molar-refractivity contribution >= 4 is 33.1 Å². The number of hydrogen-bond acceptors (Lipinski definition) is 6. The molecule has 1 unspecified atom stereocenters. The molecule has 0 aliphatic rings. The predicted octanol–water partition coefficient (Wildman–Crippen LogP) is 0.853. The summed E-state index contributed by atoms with van der Waals surface area (Å²) < 4.78 is 30.8. The lowest BCUT2D eigenvalue weighted by Gasteiger charge is -2.10. The molecule has 19 heavy (non-hydrogen) atoms. The molecule has 1 aromatic carbocycles. The van der Waals surface area contributed by atoms with Gasteiger partial charge in [0.2, 0.25) is 0 Å². The van der Waals surface area contributed by atoms with E-state index in [-0.39, 0.29) is 18.1 Å². The van der Waals surface area contributed by atoms with Gasteiger partial charge in [-0.1, -0.05) is 0 Å². The van der Waals surface area contributed by atoms with Crippen LogP contribution in [0.25, 0.3) is 0 Å². The second-order valence-electron chi connectivity index (χ2n) is 3.60. The van der Waals surface area contributed by atoms with E-state index in [9.17, 15) is 23.6 Å².